The van der Waals surface area contributed by atoms with Crippen LogP contribution in [0.5, 0.6) is 0 Å². The first-order chi connectivity index (χ1) is 23.6. The number of fused-ring (bicyclic) bond motifs is 3. The van der Waals surface area contributed by atoms with Gasteiger partial charge >= 0.3 is 5.97 Å². The third-order valence-corrected chi connectivity index (χ3v) is 11.0. The van der Waals surface area contributed by atoms with Gasteiger partial charge in [0.05, 0.1) is 25.1 Å². The predicted octanol–water partition coefficient (Wildman–Crippen LogP) is 2.15. The van der Waals surface area contributed by atoms with Gasteiger partial charge < -0.3 is 30.1 Å². The van der Waals surface area contributed by atoms with Gasteiger partial charge in [-0.05, 0) is 56.6 Å². The molecule has 49 heavy (non-hydrogen) atoms. The third-order valence-electron chi connectivity index (χ3n) is 10.6. The van der Waals surface area contributed by atoms with Gasteiger partial charge in [-0.15, -0.1) is 0 Å². The van der Waals surface area contributed by atoms with Crippen LogP contribution in [-0.2, 0) is 39.9 Å². The van der Waals surface area contributed by atoms with Crippen molar-refractivity contribution in [2.45, 2.75) is 94.5 Å². The lowest BCUT2D eigenvalue weighted by Gasteiger charge is -2.38. The highest BCUT2D eigenvalue weighted by Crippen LogP contribution is 2.39. The Balaban J connectivity index is 1.06. The number of nitrogens with zero attached hydrogens (tertiary/aromatic N) is 3. The van der Waals surface area contributed by atoms with Crippen LogP contribution < -0.4 is 10.6 Å². The van der Waals surface area contributed by atoms with Crippen molar-refractivity contribution in [2.75, 3.05) is 20.2 Å². The van der Waals surface area contributed by atoms with Crippen LogP contribution in [0.4, 0.5) is 0 Å². The molecule has 0 aliphatic carbocycles. The molecule has 2 N–H and O–H groups in total. The lowest BCUT2D eigenvalue weighted by molar-refractivity contribution is -0.156. The minimum absolute atomic E-state index is 0.127. The summed E-state index contributed by atoms with van der Waals surface area (Å²) in [5, 5.41) is 6.09. The molecule has 1 aromatic carbocycles. The number of methoxy groups -OCH3 is 1. The first kappa shape index (κ1) is 34.7. The second kappa shape index (κ2) is 14.7. The molecule has 262 valence electrons. The number of nitrogens with one attached hydrogen (secondary N) is 2. The van der Waals surface area contributed by atoms with Gasteiger partial charge in [0, 0.05) is 37.4 Å². The van der Waals surface area contributed by atoms with Crippen molar-refractivity contribution in [1.29, 1.82) is 0 Å². The summed E-state index contributed by atoms with van der Waals surface area (Å²) in [4.78, 5) is 84.4. The van der Waals surface area contributed by atoms with E-state index in [1.807, 2.05) is 36.4 Å². The van der Waals surface area contributed by atoms with Gasteiger partial charge in [-0.25, -0.2) is 4.79 Å². The Kier molecular flexibility index (Phi) is 10.4. The first-order valence-corrected chi connectivity index (χ1v) is 17.6. The second-order valence-corrected chi connectivity index (χ2v) is 14.0. The van der Waals surface area contributed by atoms with Crippen molar-refractivity contribution in [1.82, 2.24) is 25.3 Å². The fourth-order valence-corrected chi connectivity index (χ4v) is 8.46. The SMILES string of the molecule is COC(=O)[C@@H]1CCC2C=C[C@H]3CCN(C(=O)[C@@H]4CC[C@H]5C=C[C@H](CCCNC(=O)[C@H](Cc6ccccc6Cl)NC(C)=O)C(=O)N54)C3C(=O)N21. The summed E-state index contributed by atoms with van der Waals surface area (Å²) in [7, 11) is 1.32. The van der Waals surface area contributed by atoms with Crippen molar-refractivity contribution in [3.05, 3.63) is 59.2 Å². The number of rotatable bonds is 10. The van der Waals surface area contributed by atoms with Crippen molar-refractivity contribution in [3.8, 4) is 0 Å². The van der Waals surface area contributed by atoms with E-state index in [-0.39, 0.29) is 54.0 Å². The fourth-order valence-electron chi connectivity index (χ4n) is 8.25. The lowest BCUT2D eigenvalue weighted by Crippen LogP contribution is -2.58. The molecule has 0 radical (unpaired) electrons. The van der Waals surface area contributed by atoms with E-state index in [2.05, 4.69) is 10.6 Å². The van der Waals surface area contributed by atoms with Crippen LogP contribution in [0.15, 0.2) is 48.6 Å². The van der Waals surface area contributed by atoms with Crippen molar-refractivity contribution in [2.24, 2.45) is 11.8 Å². The molecule has 0 spiro atoms. The minimum Gasteiger partial charge on any atom is -0.467 e. The molecule has 0 bridgehead atoms. The molecule has 5 aliphatic rings. The van der Waals surface area contributed by atoms with E-state index in [0.29, 0.717) is 63.1 Å². The number of amides is 5. The summed E-state index contributed by atoms with van der Waals surface area (Å²) < 4.78 is 4.99. The molecule has 1 aromatic rings. The number of carbonyl (C=O) groups is 6. The normalized spacial score (nSPS) is 29.2. The molecular formula is C36H44ClN5O7. The molecule has 5 heterocycles. The van der Waals surface area contributed by atoms with E-state index in [4.69, 9.17) is 16.3 Å². The fraction of sp³-hybridized carbons (Fsp3) is 0.556. The summed E-state index contributed by atoms with van der Waals surface area (Å²) in [6, 6.07) is 3.93. The molecule has 0 aromatic heterocycles. The van der Waals surface area contributed by atoms with Crippen LogP contribution in [-0.4, -0.2) is 107 Å². The topological polar surface area (TPSA) is 145 Å². The Bertz CT molecular complexity index is 1560. The van der Waals surface area contributed by atoms with E-state index < -0.39 is 36.1 Å². The maximum absolute atomic E-state index is 14.2. The summed E-state index contributed by atoms with van der Waals surface area (Å²) in [5.41, 5.74) is 0.746. The van der Waals surface area contributed by atoms with E-state index in [1.165, 1.54) is 14.0 Å². The van der Waals surface area contributed by atoms with E-state index in [0.717, 1.165) is 5.56 Å². The molecule has 3 saturated heterocycles. The Morgan fingerprint density at radius 2 is 1.61 bits per heavy atom. The van der Waals surface area contributed by atoms with Crippen LogP contribution in [0.3, 0.4) is 0 Å². The molecular weight excluding hydrogens is 650 g/mol. The summed E-state index contributed by atoms with van der Waals surface area (Å²) >= 11 is 6.28. The van der Waals surface area contributed by atoms with Gasteiger partial charge in [-0.3, -0.25) is 24.0 Å². The van der Waals surface area contributed by atoms with Gasteiger partial charge in [0.1, 0.15) is 24.2 Å². The highest BCUT2D eigenvalue weighted by Gasteiger charge is 2.53. The van der Waals surface area contributed by atoms with Crippen LogP contribution in [0.25, 0.3) is 0 Å². The number of hydrogen-bond donors (Lipinski definition) is 2. The summed E-state index contributed by atoms with van der Waals surface area (Å²) in [6.45, 7) is 2.06. The standard InChI is InChI=1S/C36H44ClN5O7/c1-21(43)39-28(20-24-6-3-4-8-27(24)37)32(44)38-18-5-7-23-10-12-25-13-15-29(41(25)33(23)45)34(46)40-19-17-22-9-11-26-14-16-30(36(48)49-2)42(26)35(47)31(22)40/h3-4,6,8-12,22-23,25-26,28-31H,5,7,13-20H2,1-2H3,(H,38,44)(H,39,43)/t22-,23-,25+,26?,28-,29-,30-,31?/m0/s1. The lowest BCUT2D eigenvalue weighted by atomic mass is 9.95. The molecule has 5 aliphatic heterocycles. The molecule has 3 fully saturated rings. The Morgan fingerprint density at radius 1 is 0.918 bits per heavy atom. The largest absolute Gasteiger partial charge is 0.467 e. The number of esters is 1. The van der Waals surface area contributed by atoms with Crippen LogP contribution in [0.1, 0.15) is 57.4 Å². The molecule has 5 amide bonds. The molecule has 12 nitrogen and oxygen atoms in total. The number of carbonyl (C=O) groups excluding carboxylic acids is 6. The molecule has 13 heteroatoms. The van der Waals surface area contributed by atoms with Crippen molar-refractivity contribution in [3.63, 3.8) is 0 Å². The highest BCUT2D eigenvalue weighted by molar-refractivity contribution is 6.31. The zero-order valence-electron chi connectivity index (χ0n) is 27.9. The zero-order valence-corrected chi connectivity index (χ0v) is 28.6. The summed E-state index contributed by atoms with van der Waals surface area (Å²) in [6.07, 6.45) is 12.1. The molecule has 0 saturated carbocycles. The summed E-state index contributed by atoms with van der Waals surface area (Å²) in [5.74, 6) is -2.29. The third kappa shape index (κ3) is 6.97. The van der Waals surface area contributed by atoms with Crippen LogP contribution in [0.2, 0.25) is 5.02 Å². The maximum atomic E-state index is 14.2. The monoisotopic (exact) mass is 693 g/mol. The first-order valence-electron chi connectivity index (χ1n) is 17.3. The van der Waals surface area contributed by atoms with E-state index in [1.54, 1.807) is 26.8 Å². The quantitative estimate of drug-likeness (QED) is 0.217. The van der Waals surface area contributed by atoms with Crippen LogP contribution >= 0.6 is 11.6 Å². The van der Waals surface area contributed by atoms with E-state index in [9.17, 15) is 28.8 Å². The second-order valence-electron chi connectivity index (χ2n) is 13.6. The predicted molar refractivity (Wildman–Crippen MR) is 180 cm³/mol. The average Bonchev–Trinajstić information content (AvgIpc) is 3.81. The van der Waals surface area contributed by atoms with Gasteiger partial charge in [0.25, 0.3) is 0 Å². The average molecular weight is 694 g/mol. The highest BCUT2D eigenvalue weighted by atomic mass is 35.5. The number of benzene rings is 1. The number of ether oxygens (including phenoxy) is 1. The smallest absolute Gasteiger partial charge is 0.328 e. The maximum Gasteiger partial charge on any atom is 0.328 e. The van der Waals surface area contributed by atoms with Crippen molar-refractivity contribution >= 4 is 47.1 Å². The number of halogens is 1. The Hall–Kier alpha value is -4.19. The molecule has 8 atom stereocenters. The zero-order chi connectivity index (χ0) is 34.8. The van der Waals surface area contributed by atoms with Crippen LogP contribution in [0, 0.1) is 11.8 Å². The van der Waals surface area contributed by atoms with Gasteiger partial charge in [0.15, 0.2) is 0 Å². The van der Waals surface area contributed by atoms with Gasteiger partial charge in [-0.2, -0.15) is 0 Å². The number of hydrogen-bond acceptors (Lipinski definition) is 7. The molecule has 6 rings (SSSR count). The number of likely N-dealkylation sites (tertiary alicyclic amines) is 1. The van der Waals surface area contributed by atoms with Crippen molar-refractivity contribution < 1.29 is 33.5 Å². The Labute approximate surface area is 291 Å². The molecule has 2 unspecified atom stereocenters. The van der Waals surface area contributed by atoms with Gasteiger partial charge in [-0.1, -0.05) is 54.1 Å². The van der Waals surface area contributed by atoms with E-state index >= 15 is 0 Å². The van der Waals surface area contributed by atoms with Gasteiger partial charge in [0.2, 0.25) is 29.5 Å². The Morgan fingerprint density at radius 3 is 2.33 bits per heavy atom. The minimum atomic E-state index is -0.797.